The summed E-state index contributed by atoms with van der Waals surface area (Å²) in [6.45, 7) is 1.13. The van der Waals surface area contributed by atoms with Crippen molar-refractivity contribution in [1.82, 2.24) is 10.3 Å². The van der Waals surface area contributed by atoms with Crippen LogP contribution in [0.1, 0.15) is 23.7 Å². The number of hydrogen-bond donors (Lipinski definition) is 2. The lowest BCUT2D eigenvalue weighted by Crippen LogP contribution is -2.34. The maximum atomic E-state index is 8.76. The Kier molecular flexibility index (Phi) is 2.06. The van der Waals surface area contributed by atoms with Gasteiger partial charge in [-0.25, -0.2) is 0 Å². The van der Waals surface area contributed by atoms with Crippen LogP contribution in [0.4, 0.5) is 0 Å². The van der Waals surface area contributed by atoms with Gasteiger partial charge in [0.15, 0.2) is 0 Å². The van der Waals surface area contributed by atoms with E-state index >= 15 is 0 Å². The predicted molar refractivity (Wildman–Crippen MR) is 45.5 cm³/mol. The minimum Gasteiger partial charge on any atom is -0.390 e. The van der Waals surface area contributed by atoms with Crippen molar-refractivity contribution in [3.05, 3.63) is 29.6 Å². The van der Waals surface area contributed by atoms with Crippen LogP contribution in [0, 0.1) is 0 Å². The molecule has 2 N–H and O–H groups in total. The number of pyridine rings is 1. The molecule has 0 amide bonds. The second-order valence-electron chi connectivity index (χ2n) is 3.04. The molecule has 1 aromatic heterocycles. The Morgan fingerprint density at radius 1 is 1.58 bits per heavy atom. The number of rotatable bonds is 2. The van der Waals surface area contributed by atoms with Gasteiger partial charge in [0.2, 0.25) is 0 Å². The SMILES string of the molecule is OCc1ccc([C@@H]2CCN2)cn1. The van der Waals surface area contributed by atoms with E-state index in [1.807, 2.05) is 18.3 Å². The molecule has 0 aliphatic carbocycles. The van der Waals surface area contributed by atoms with Crippen molar-refractivity contribution in [2.45, 2.75) is 19.1 Å². The molecule has 1 saturated heterocycles. The van der Waals surface area contributed by atoms with Crippen LogP contribution < -0.4 is 5.32 Å². The lowest BCUT2D eigenvalue weighted by Gasteiger charge is -2.27. The lowest BCUT2D eigenvalue weighted by atomic mass is 10.00. The second kappa shape index (κ2) is 3.21. The van der Waals surface area contributed by atoms with Gasteiger partial charge in [-0.15, -0.1) is 0 Å². The third kappa shape index (κ3) is 1.33. The summed E-state index contributed by atoms with van der Waals surface area (Å²) in [5.41, 5.74) is 1.96. The molecule has 1 atom stereocenters. The van der Waals surface area contributed by atoms with Crippen molar-refractivity contribution in [3.8, 4) is 0 Å². The van der Waals surface area contributed by atoms with Crippen molar-refractivity contribution < 1.29 is 5.11 Å². The fraction of sp³-hybridized carbons (Fsp3) is 0.444. The lowest BCUT2D eigenvalue weighted by molar-refractivity contribution is 0.276. The number of hydrogen-bond acceptors (Lipinski definition) is 3. The summed E-state index contributed by atoms with van der Waals surface area (Å²) in [7, 11) is 0. The Labute approximate surface area is 71.4 Å². The van der Waals surface area contributed by atoms with Crippen molar-refractivity contribution in [3.63, 3.8) is 0 Å². The minimum absolute atomic E-state index is 0.0262. The van der Waals surface area contributed by atoms with E-state index in [0.717, 1.165) is 12.2 Å². The molecule has 1 aromatic rings. The molecule has 3 nitrogen and oxygen atoms in total. The quantitative estimate of drug-likeness (QED) is 0.673. The summed E-state index contributed by atoms with van der Waals surface area (Å²) in [5, 5.41) is 12.1. The highest BCUT2D eigenvalue weighted by molar-refractivity contribution is 5.19. The molecule has 3 heteroatoms. The Hall–Kier alpha value is -0.930. The second-order valence-corrected chi connectivity index (χ2v) is 3.04. The molecule has 0 radical (unpaired) electrons. The number of nitrogens with one attached hydrogen (secondary N) is 1. The summed E-state index contributed by atoms with van der Waals surface area (Å²) < 4.78 is 0. The molecule has 1 aliphatic heterocycles. The molecule has 1 aliphatic rings. The first-order valence-electron chi connectivity index (χ1n) is 4.19. The highest BCUT2D eigenvalue weighted by atomic mass is 16.3. The summed E-state index contributed by atoms with van der Waals surface area (Å²) in [6.07, 6.45) is 3.03. The summed E-state index contributed by atoms with van der Waals surface area (Å²) in [5.74, 6) is 0. The first-order valence-corrected chi connectivity index (χ1v) is 4.19. The first-order chi connectivity index (χ1) is 5.90. The van der Waals surface area contributed by atoms with Gasteiger partial charge in [-0.2, -0.15) is 0 Å². The van der Waals surface area contributed by atoms with Gasteiger partial charge in [0.25, 0.3) is 0 Å². The third-order valence-corrected chi connectivity index (χ3v) is 2.24. The predicted octanol–water partition coefficient (Wildman–Crippen LogP) is 0.608. The van der Waals surface area contributed by atoms with E-state index in [-0.39, 0.29) is 6.61 Å². The van der Waals surface area contributed by atoms with E-state index in [2.05, 4.69) is 10.3 Å². The van der Waals surface area contributed by atoms with Crippen LogP contribution >= 0.6 is 0 Å². The first kappa shape index (κ1) is 7.71. The van der Waals surface area contributed by atoms with E-state index < -0.39 is 0 Å². The van der Waals surface area contributed by atoms with Crippen LogP contribution in [0.3, 0.4) is 0 Å². The van der Waals surface area contributed by atoms with Gasteiger partial charge in [0.05, 0.1) is 12.3 Å². The summed E-state index contributed by atoms with van der Waals surface area (Å²) in [4.78, 5) is 4.11. The normalized spacial score (nSPS) is 21.9. The Morgan fingerprint density at radius 2 is 2.42 bits per heavy atom. The van der Waals surface area contributed by atoms with Crippen molar-refractivity contribution >= 4 is 0 Å². The van der Waals surface area contributed by atoms with E-state index in [4.69, 9.17) is 5.11 Å². The van der Waals surface area contributed by atoms with Gasteiger partial charge >= 0.3 is 0 Å². The van der Waals surface area contributed by atoms with Gasteiger partial charge in [0, 0.05) is 12.2 Å². The molecule has 1 fully saturated rings. The third-order valence-electron chi connectivity index (χ3n) is 2.24. The molecule has 12 heavy (non-hydrogen) atoms. The average Bonchev–Trinajstić information content (AvgIpc) is 2.03. The molecule has 2 rings (SSSR count). The molecular weight excluding hydrogens is 152 g/mol. The van der Waals surface area contributed by atoms with Crippen LogP contribution in [0.2, 0.25) is 0 Å². The molecule has 0 saturated carbocycles. The topological polar surface area (TPSA) is 45.1 Å². The van der Waals surface area contributed by atoms with E-state index in [0.29, 0.717) is 6.04 Å². The van der Waals surface area contributed by atoms with Gasteiger partial charge in [-0.3, -0.25) is 4.98 Å². The number of aliphatic hydroxyl groups excluding tert-OH is 1. The maximum Gasteiger partial charge on any atom is 0.0852 e. The molecular formula is C9H12N2O. The largest absolute Gasteiger partial charge is 0.390 e. The zero-order valence-corrected chi connectivity index (χ0v) is 6.83. The van der Waals surface area contributed by atoms with Crippen LogP contribution in [0.5, 0.6) is 0 Å². The van der Waals surface area contributed by atoms with E-state index in [1.165, 1.54) is 12.0 Å². The zero-order chi connectivity index (χ0) is 8.39. The molecule has 0 aromatic carbocycles. The Morgan fingerprint density at radius 3 is 2.83 bits per heavy atom. The molecule has 64 valence electrons. The highest BCUT2D eigenvalue weighted by Crippen LogP contribution is 2.21. The van der Waals surface area contributed by atoms with E-state index in [1.54, 1.807) is 0 Å². The molecule has 0 unspecified atom stereocenters. The van der Waals surface area contributed by atoms with Gasteiger partial charge in [0.1, 0.15) is 0 Å². The van der Waals surface area contributed by atoms with Crippen molar-refractivity contribution in [1.29, 1.82) is 0 Å². The fourth-order valence-corrected chi connectivity index (χ4v) is 1.31. The highest BCUT2D eigenvalue weighted by Gasteiger charge is 2.17. The van der Waals surface area contributed by atoms with Crippen molar-refractivity contribution in [2.24, 2.45) is 0 Å². The standard InChI is InChI=1S/C9H12N2O/c12-6-8-2-1-7(5-11-8)9-3-4-10-9/h1-2,5,9-10,12H,3-4,6H2/t9-/m0/s1. The van der Waals surface area contributed by atoms with Gasteiger partial charge in [-0.1, -0.05) is 6.07 Å². The minimum atomic E-state index is 0.0262. The maximum absolute atomic E-state index is 8.76. The van der Waals surface area contributed by atoms with Crippen LogP contribution in [-0.4, -0.2) is 16.6 Å². The summed E-state index contributed by atoms with van der Waals surface area (Å²) in [6, 6.07) is 4.38. The van der Waals surface area contributed by atoms with E-state index in [9.17, 15) is 0 Å². The average molecular weight is 164 g/mol. The van der Waals surface area contributed by atoms with Crippen LogP contribution in [0.25, 0.3) is 0 Å². The zero-order valence-electron chi connectivity index (χ0n) is 6.83. The van der Waals surface area contributed by atoms with Crippen LogP contribution in [-0.2, 0) is 6.61 Å². The van der Waals surface area contributed by atoms with Crippen molar-refractivity contribution in [2.75, 3.05) is 6.54 Å². The number of nitrogens with zero attached hydrogens (tertiary/aromatic N) is 1. The van der Waals surface area contributed by atoms with Gasteiger partial charge in [-0.05, 0) is 24.6 Å². The number of aromatic nitrogens is 1. The van der Waals surface area contributed by atoms with Crippen LogP contribution in [0.15, 0.2) is 18.3 Å². The Balaban J connectivity index is 2.13. The molecule has 0 spiro atoms. The Bertz CT molecular complexity index is 254. The number of aliphatic hydroxyl groups is 1. The smallest absolute Gasteiger partial charge is 0.0852 e. The molecule has 2 heterocycles. The molecule has 0 bridgehead atoms. The monoisotopic (exact) mass is 164 g/mol. The summed E-state index contributed by atoms with van der Waals surface area (Å²) >= 11 is 0. The van der Waals surface area contributed by atoms with Gasteiger partial charge < -0.3 is 10.4 Å². The fourth-order valence-electron chi connectivity index (χ4n) is 1.31.